The zero-order chi connectivity index (χ0) is 13.0. The highest BCUT2D eigenvalue weighted by Crippen LogP contribution is 2.15. The van der Waals surface area contributed by atoms with Crippen molar-refractivity contribution in [1.82, 2.24) is 10.2 Å². The van der Waals surface area contributed by atoms with Crippen LogP contribution in [0.1, 0.15) is 13.8 Å². The van der Waals surface area contributed by atoms with Crippen molar-refractivity contribution in [2.45, 2.75) is 25.9 Å². The summed E-state index contributed by atoms with van der Waals surface area (Å²) in [4.78, 5) is 2.35. The molecule has 0 amide bonds. The summed E-state index contributed by atoms with van der Waals surface area (Å²) in [5.41, 5.74) is 0. The molecule has 0 spiro atoms. The Morgan fingerprint density at radius 1 is 1.26 bits per heavy atom. The van der Waals surface area contributed by atoms with E-state index in [0.29, 0.717) is 24.4 Å². The molecule has 2 atom stereocenters. The van der Waals surface area contributed by atoms with E-state index in [1.165, 1.54) is 6.07 Å². The van der Waals surface area contributed by atoms with Crippen molar-refractivity contribution in [2.24, 2.45) is 0 Å². The van der Waals surface area contributed by atoms with Gasteiger partial charge < -0.3 is 10.1 Å². The minimum atomic E-state index is -0.292. The molecule has 1 aliphatic rings. The first kappa shape index (κ1) is 16.2. The second-order valence-electron chi connectivity index (χ2n) is 5.01. The molecule has 1 fully saturated rings. The van der Waals surface area contributed by atoms with Crippen molar-refractivity contribution in [3.63, 3.8) is 0 Å². The zero-order valence-electron chi connectivity index (χ0n) is 11.4. The number of hydrogen-bond donors (Lipinski definition) is 1. The summed E-state index contributed by atoms with van der Waals surface area (Å²) in [7, 11) is 0. The molecular weight excluding hydrogens is 267 g/mol. The predicted octanol–water partition coefficient (Wildman–Crippen LogP) is 2.31. The Bertz CT molecular complexity index is 381. The Morgan fingerprint density at radius 2 is 1.89 bits per heavy atom. The Morgan fingerprint density at radius 3 is 2.53 bits per heavy atom. The van der Waals surface area contributed by atoms with Crippen LogP contribution in [0, 0.1) is 5.82 Å². The first-order chi connectivity index (χ1) is 8.65. The van der Waals surface area contributed by atoms with Crippen LogP contribution in [-0.4, -0.2) is 43.2 Å². The molecule has 0 aromatic heterocycles. The third kappa shape index (κ3) is 4.97. The molecule has 5 heteroatoms. The van der Waals surface area contributed by atoms with Crippen LogP contribution in [0.25, 0.3) is 0 Å². The van der Waals surface area contributed by atoms with E-state index in [2.05, 4.69) is 24.1 Å². The van der Waals surface area contributed by atoms with E-state index in [1.807, 2.05) is 0 Å². The molecule has 2 rings (SSSR count). The molecule has 1 aromatic rings. The molecular formula is C14H22ClFN2O. The van der Waals surface area contributed by atoms with E-state index >= 15 is 0 Å². The van der Waals surface area contributed by atoms with E-state index < -0.39 is 0 Å². The van der Waals surface area contributed by atoms with Crippen molar-refractivity contribution in [2.75, 3.05) is 26.2 Å². The number of nitrogens with one attached hydrogen (secondary N) is 1. The quantitative estimate of drug-likeness (QED) is 0.920. The minimum absolute atomic E-state index is 0. The summed E-state index contributed by atoms with van der Waals surface area (Å²) >= 11 is 0. The lowest BCUT2D eigenvalue weighted by Crippen LogP contribution is -2.54. The van der Waals surface area contributed by atoms with Gasteiger partial charge in [-0.3, -0.25) is 4.90 Å². The zero-order valence-corrected chi connectivity index (χ0v) is 12.3. The van der Waals surface area contributed by atoms with Gasteiger partial charge in [-0.05, 0) is 26.0 Å². The molecule has 0 aliphatic carbocycles. The highest BCUT2D eigenvalue weighted by molar-refractivity contribution is 5.85. The number of rotatable bonds is 4. The van der Waals surface area contributed by atoms with Gasteiger partial charge in [-0.25, -0.2) is 4.39 Å². The van der Waals surface area contributed by atoms with Crippen molar-refractivity contribution < 1.29 is 9.13 Å². The highest BCUT2D eigenvalue weighted by Gasteiger charge is 2.20. The fourth-order valence-electron chi connectivity index (χ4n) is 2.47. The first-order valence-electron chi connectivity index (χ1n) is 6.51. The lowest BCUT2D eigenvalue weighted by atomic mass is 10.1. The lowest BCUT2D eigenvalue weighted by Gasteiger charge is -2.35. The van der Waals surface area contributed by atoms with Crippen LogP contribution in [0.5, 0.6) is 5.75 Å². The Balaban J connectivity index is 0.00000180. The standard InChI is InChI=1S/C14H21FN2O.ClH/c1-11-9-17(10-12(2)16-11)7-8-18-14-6-4-3-5-13(14)15;/h3-6,11-12,16H,7-10H2,1-2H3;1H. The average Bonchev–Trinajstić information content (AvgIpc) is 2.30. The number of benzene rings is 1. The van der Waals surface area contributed by atoms with E-state index in [-0.39, 0.29) is 18.2 Å². The number of nitrogens with zero attached hydrogens (tertiary/aromatic N) is 1. The van der Waals surface area contributed by atoms with E-state index in [1.54, 1.807) is 18.2 Å². The highest BCUT2D eigenvalue weighted by atomic mass is 35.5. The molecule has 1 saturated heterocycles. The van der Waals surface area contributed by atoms with Gasteiger partial charge in [0.15, 0.2) is 11.6 Å². The van der Waals surface area contributed by atoms with Crippen LogP contribution in [0.4, 0.5) is 4.39 Å². The predicted molar refractivity (Wildman–Crippen MR) is 77.6 cm³/mol. The topological polar surface area (TPSA) is 24.5 Å². The summed E-state index contributed by atoms with van der Waals surface area (Å²) in [6.45, 7) is 7.77. The molecule has 1 aromatic carbocycles. The second kappa shape index (κ2) is 7.68. The van der Waals surface area contributed by atoms with E-state index in [0.717, 1.165) is 19.6 Å². The molecule has 1 aliphatic heterocycles. The van der Waals surface area contributed by atoms with Crippen LogP contribution < -0.4 is 10.1 Å². The third-order valence-corrected chi connectivity index (χ3v) is 3.13. The first-order valence-corrected chi connectivity index (χ1v) is 6.51. The Kier molecular flexibility index (Phi) is 6.55. The smallest absolute Gasteiger partial charge is 0.165 e. The average molecular weight is 289 g/mol. The number of ether oxygens (including phenoxy) is 1. The molecule has 2 unspecified atom stereocenters. The molecule has 0 radical (unpaired) electrons. The molecule has 108 valence electrons. The molecule has 1 heterocycles. The number of halogens is 2. The number of para-hydroxylation sites is 1. The van der Waals surface area contributed by atoms with E-state index in [9.17, 15) is 4.39 Å². The van der Waals surface area contributed by atoms with Crippen molar-refractivity contribution >= 4 is 12.4 Å². The fourth-order valence-corrected chi connectivity index (χ4v) is 2.47. The monoisotopic (exact) mass is 288 g/mol. The molecule has 0 bridgehead atoms. The van der Waals surface area contributed by atoms with Gasteiger partial charge in [0.05, 0.1) is 0 Å². The maximum absolute atomic E-state index is 13.3. The fraction of sp³-hybridized carbons (Fsp3) is 0.571. The summed E-state index contributed by atoms with van der Waals surface area (Å²) in [5, 5.41) is 3.48. The van der Waals surface area contributed by atoms with Crippen molar-refractivity contribution in [1.29, 1.82) is 0 Å². The van der Waals surface area contributed by atoms with Gasteiger partial charge in [-0.1, -0.05) is 12.1 Å². The van der Waals surface area contributed by atoms with Gasteiger partial charge in [0.25, 0.3) is 0 Å². The number of piperazine rings is 1. The van der Waals surface area contributed by atoms with Crippen LogP contribution in [0.3, 0.4) is 0 Å². The van der Waals surface area contributed by atoms with Gasteiger partial charge in [0.2, 0.25) is 0 Å². The van der Waals surface area contributed by atoms with Gasteiger partial charge in [0, 0.05) is 31.7 Å². The van der Waals surface area contributed by atoms with Gasteiger partial charge in [-0.2, -0.15) is 0 Å². The number of hydrogen-bond acceptors (Lipinski definition) is 3. The summed E-state index contributed by atoms with van der Waals surface area (Å²) in [6, 6.07) is 7.54. The molecule has 19 heavy (non-hydrogen) atoms. The summed E-state index contributed by atoms with van der Waals surface area (Å²) in [5.74, 6) is 0.0493. The van der Waals surface area contributed by atoms with E-state index in [4.69, 9.17) is 4.74 Å². The molecule has 0 saturated carbocycles. The van der Waals surface area contributed by atoms with Gasteiger partial charge in [0.1, 0.15) is 6.61 Å². The normalized spacial score (nSPS) is 23.7. The van der Waals surface area contributed by atoms with Gasteiger partial charge in [-0.15, -0.1) is 12.4 Å². The van der Waals surface area contributed by atoms with Crippen LogP contribution >= 0.6 is 12.4 Å². The van der Waals surface area contributed by atoms with Crippen LogP contribution in [0.2, 0.25) is 0 Å². The lowest BCUT2D eigenvalue weighted by molar-refractivity contribution is 0.145. The molecule has 1 N–H and O–H groups in total. The van der Waals surface area contributed by atoms with Crippen LogP contribution in [-0.2, 0) is 0 Å². The Labute approximate surface area is 120 Å². The third-order valence-electron chi connectivity index (χ3n) is 3.13. The van der Waals surface area contributed by atoms with Crippen LogP contribution in [0.15, 0.2) is 24.3 Å². The maximum Gasteiger partial charge on any atom is 0.165 e. The maximum atomic E-state index is 13.3. The SMILES string of the molecule is CC1CN(CCOc2ccccc2F)CC(C)N1.Cl. The largest absolute Gasteiger partial charge is 0.489 e. The van der Waals surface area contributed by atoms with Crippen molar-refractivity contribution in [3.05, 3.63) is 30.1 Å². The molecule has 3 nitrogen and oxygen atoms in total. The summed E-state index contributed by atoms with van der Waals surface area (Å²) < 4.78 is 18.8. The second-order valence-corrected chi connectivity index (χ2v) is 5.01. The summed E-state index contributed by atoms with van der Waals surface area (Å²) in [6.07, 6.45) is 0. The van der Waals surface area contributed by atoms with Gasteiger partial charge >= 0.3 is 0 Å². The Hall–Kier alpha value is -0.840. The van der Waals surface area contributed by atoms with Crippen molar-refractivity contribution in [3.8, 4) is 5.75 Å². The minimum Gasteiger partial charge on any atom is -0.489 e.